The summed E-state index contributed by atoms with van der Waals surface area (Å²) < 4.78 is 16.5. The number of ether oxygens (including phenoxy) is 3. The SMILES string of the molecule is C=CSC(N)=NC(=O)c1cc(Oc2ccc(C(=O)NCCOC)cc2)cc(OC(C)C)c1. The van der Waals surface area contributed by atoms with Crippen LogP contribution in [0, 0.1) is 0 Å². The van der Waals surface area contributed by atoms with Gasteiger partial charge in [-0.25, -0.2) is 0 Å². The highest BCUT2D eigenvalue weighted by Gasteiger charge is 2.13. The van der Waals surface area contributed by atoms with Crippen molar-refractivity contribution in [1.29, 1.82) is 0 Å². The van der Waals surface area contributed by atoms with Gasteiger partial charge in [-0.05, 0) is 55.7 Å². The van der Waals surface area contributed by atoms with Crippen LogP contribution in [0.5, 0.6) is 17.2 Å². The summed E-state index contributed by atoms with van der Waals surface area (Å²) in [5, 5.41) is 4.32. The van der Waals surface area contributed by atoms with Gasteiger partial charge in [0, 0.05) is 30.8 Å². The first kappa shape index (κ1) is 25.0. The molecular weight excluding hydrogens is 430 g/mol. The van der Waals surface area contributed by atoms with Crippen LogP contribution in [0.25, 0.3) is 0 Å². The maximum atomic E-state index is 12.5. The van der Waals surface area contributed by atoms with E-state index in [4.69, 9.17) is 19.9 Å². The van der Waals surface area contributed by atoms with Gasteiger partial charge in [-0.3, -0.25) is 9.59 Å². The second kappa shape index (κ2) is 12.5. The lowest BCUT2D eigenvalue weighted by atomic mass is 10.2. The number of rotatable bonds is 10. The van der Waals surface area contributed by atoms with Gasteiger partial charge in [0.2, 0.25) is 0 Å². The van der Waals surface area contributed by atoms with Crippen molar-refractivity contribution in [2.45, 2.75) is 20.0 Å². The first-order chi connectivity index (χ1) is 15.3. The van der Waals surface area contributed by atoms with Crippen LogP contribution >= 0.6 is 11.8 Å². The second-order valence-corrected chi connectivity index (χ2v) is 7.76. The number of nitrogens with zero attached hydrogens (tertiary/aromatic N) is 1. The molecule has 32 heavy (non-hydrogen) atoms. The minimum Gasteiger partial charge on any atom is -0.491 e. The van der Waals surface area contributed by atoms with E-state index in [0.29, 0.717) is 36.0 Å². The molecule has 0 spiro atoms. The summed E-state index contributed by atoms with van der Waals surface area (Å²) in [7, 11) is 1.57. The molecule has 0 saturated heterocycles. The number of carbonyl (C=O) groups is 2. The fourth-order valence-electron chi connectivity index (χ4n) is 2.55. The molecule has 3 N–H and O–H groups in total. The summed E-state index contributed by atoms with van der Waals surface area (Å²) in [6.45, 7) is 8.16. The summed E-state index contributed by atoms with van der Waals surface area (Å²) in [5.74, 6) is 0.596. The largest absolute Gasteiger partial charge is 0.491 e. The summed E-state index contributed by atoms with van der Waals surface area (Å²) in [4.78, 5) is 28.5. The Morgan fingerprint density at radius 2 is 1.81 bits per heavy atom. The average molecular weight is 458 g/mol. The van der Waals surface area contributed by atoms with Gasteiger partial charge in [0.25, 0.3) is 11.8 Å². The monoisotopic (exact) mass is 457 g/mol. The van der Waals surface area contributed by atoms with Gasteiger partial charge in [-0.15, -0.1) is 0 Å². The van der Waals surface area contributed by atoms with E-state index in [1.54, 1.807) is 49.6 Å². The quantitative estimate of drug-likeness (QED) is 0.315. The van der Waals surface area contributed by atoms with Gasteiger partial charge in [0.1, 0.15) is 17.2 Å². The Bertz CT molecular complexity index is 974. The van der Waals surface area contributed by atoms with E-state index in [0.717, 1.165) is 11.8 Å². The highest BCUT2D eigenvalue weighted by Crippen LogP contribution is 2.29. The lowest BCUT2D eigenvalue weighted by Crippen LogP contribution is -2.26. The number of nitrogens with one attached hydrogen (secondary N) is 1. The molecule has 0 heterocycles. The number of thioether (sulfide) groups is 1. The van der Waals surface area contributed by atoms with Crippen LogP contribution in [0.3, 0.4) is 0 Å². The molecule has 0 bridgehead atoms. The third-order valence-electron chi connectivity index (χ3n) is 3.86. The van der Waals surface area contributed by atoms with E-state index < -0.39 is 5.91 Å². The van der Waals surface area contributed by atoms with Crippen molar-refractivity contribution in [1.82, 2.24) is 5.32 Å². The van der Waals surface area contributed by atoms with E-state index in [1.165, 1.54) is 5.41 Å². The van der Waals surface area contributed by atoms with Crippen LogP contribution in [0.15, 0.2) is 59.4 Å². The van der Waals surface area contributed by atoms with Crippen molar-refractivity contribution < 1.29 is 23.8 Å². The normalized spacial score (nSPS) is 11.2. The van der Waals surface area contributed by atoms with Crippen molar-refractivity contribution in [3.8, 4) is 17.2 Å². The number of hydrogen-bond acceptors (Lipinski definition) is 6. The topological polar surface area (TPSA) is 112 Å². The zero-order chi connectivity index (χ0) is 23.5. The minimum absolute atomic E-state index is 0.0852. The molecule has 0 fully saturated rings. The van der Waals surface area contributed by atoms with E-state index in [9.17, 15) is 9.59 Å². The summed E-state index contributed by atoms with van der Waals surface area (Å²) in [6, 6.07) is 11.4. The zero-order valence-corrected chi connectivity index (χ0v) is 19.1. The molecule has 2 rings (SSSR count). The van der Waals surface area contributed by atoms with E-state index in [-0.39, 0.29) is 22.7 Å². The maximum absolute atomic E-state index is 12.5. The van der Waals surface area contributed by atoms with Gasteiger partial charge in [-0.1, -0.05) is 18.3 Å². The highest BCUT2D eigenvalue weighted by molar-refractivity contribution is 8.16. The maximum Gasteiger partial charge on any atom is 0.279 e. The lowest BCUT2D eigenvalue weighted by Gasteiger charge is -2.13. The molecule has 0 radical (unpaired) electrons. The molecule has 0 unspecified atom stereocenters. The lowest BCUT2D eigenvalue weighted by molar-refractivity contribution is 0.0936. The van der Waals surface area contributed by atoms with Crippen molar-refractivity contribution in [3.05, 3.63) is 65.6 Å². The molecule has 0 atom stereocenters. The zero-order valence-electron chi connectivity index (χ0n) is 18.3. The predicted molar refractivity (Wildman–Crippen MR) is 127 cm³/mol. The molecule has 2 aromatic carbocycles. The fraction of sp³-hybridized carbons (Fsp3) is 0.261. The third-order valence-corrected chi connectivity index (χ3v) is 4.36. The molecule has 0 aliphatic carbocycles. The number of nitrogens with two attached hydrogens (primary N) is 1. The summed E-state index contributed by atoms with van der Waals surface area (Å²) >= 11 is 1.05. The van der Waals surface area contributed by atoms with Gasteiger partial charge >= 0.3 is 0 Å². The van der Waals surface area contributed by atoms with Crippen molar-refractivity contribution in [3.63, 3.8) is 0 Å². The number of carbonyl (C=O) groups excluding carboxylic acids is 2. The molecule has 0 aliphatic heterocycles. The number of methoxy groups -OCH3 is 1. The van der Waals surface area contributed by atoms with Crippen LogP contribution in [0.2, 0.25) is 0 Å². The molecule has 2 amide bonds. The molecule has 9 heteroatoms. The number of benzene rings is 2. The Morgan fingerprint density at radius 1 is 1.12 bits per heavy atom. The van der Waals surface area contributed by atoms with Crippen LogP contribution in [-0.4, -0.2) is 43.3 Å². The van der Waals surface area contributed by atoms with Crippen LogP contribution in [-0.2, 0) is 4.74 Å². The molecule has 170 valence electrons. The average Bonchev–Trinajstić information content (AvgIpc) is 2.74. The Balaban J connectivity index is 2.22. The van der Waals surface area contributed by atoms with E-state index >= 15 is 0 Å². The molecule has 0 saturated carbocycles. The van der Waals surface area contributed by atoms with Gasteiger partial charge < -0.3 is 25.3 Å². The summed E-state index contributed by atoms with van der Waals surface area (Å²) in [6.07, 6.45) is -0.103. The molecule has 0 aromatic heterocycles. The Kier molecular flexibility index (Phi) is 9.77. The second-order valence-electron chi connectivity index (χ2n) is 6.77. The van der Waals surface area contributed by atoms with Crippen molar-refractivity contribution in [2.24, 2.45) is 10.7 Å². The Morgan fingerprint density at radius 3 is 2.44 bits per heavy atom. The fourth-order valence-corrected chi connectivity index (χ4v) is 2.86. The van der Waals surface area contributed by atoms with Crippen LogP contribution in [0.1, 0.15) is 34.6 Å². The Hall–Kier alpha value is -3.30. The highest BCUT2D eigenvalue weighted by atomic mass is 32.2. The van der Waals surface area contributed by atoms with Crippen molar-refractivity contribution in [2.75, 3.05) is 20.3 Å². The molecule has 2 aromatic rings. The van der Waals surface area contributed by atoms with E-state index in [1.807, 2.05) is 13.8 Å². The van der Waals surface area contributed by atoms with E-state index in [2.05, 4.69) is 16.9 Å². The molecule has 0 aliphatic rings. The first-order valence-electron chi connectivity index (χ1n) is 9.85. The molecular formula is C23H27N3O5S. The molecule has 8 nitrogen and oxygen atoms in total. The number of amidine groups is 1. The Labute approximate surface area is 191 Å². The predicted octanol–water partition coefficient (Wildman–Crippen LogP) is 3.97. The standard InChI is InChI=1S/C23H27N3O5S/c1-5-32-23(24)26-22(28)17-12-19(30-15(2)3)14-20(13-17)31-18-8-6-16(7-9-18)21(27)25-10-11-29-4/h5-9,12-15H,1,10-11H2,2-4H3,(H,25,27)(H2,24,26,28). The van der Waals surface area contributed by atoms with Gasteiger partial charge in [0.15, 0.2) is 5.17 Å². The van der Waals surface area contributed by atoms with Crippen LogP contribution in [0.4, 0.5) is 0 Å². The minimum atomic E-state index is -0.529. The van der Waals surface area contributed by atoms with Crippen molar-refractivity contribution >= 4 is 28.7 Å². The smallest absolute Gasteiger partial charge is 0.279 e. The number of amides is 2. The number of hydrogen-bond donors (Lipinski definition) is 2. The third kappa shape index (κ3) is 8.09. The van der Waals surface area contributed by atoms with Gasteiger partial charge in [-0.2, -0.15) is 4.99 Å². The number of aliphatic imine (C=N–C) groups is 1. The van der Waals surface area contributed by atoms with Gasteiger partial charge in [0.05, 0.1) is 12.7 Å². The first-order valence-corrected chi connectivity index (χ1v) is 10.7. The summed E-state index contributed by atoms with van der Waals surface area (Å²) in [5.41, 5.74) is 6.45. The van der Waals surface area contributed by atoms with Crippen LogP contribution < -0.4 is 20.5 Å².